The molecule has 90 valence electrons. The minimum absolute atomic E-state index is 0.0996. The smallest absolute Gasteiger partial charge is 0.236 e. The normalized spacial score (nSPS) is 12.9. The number of nitrogens with one attached hydrogen (secondary N) is 1. The summed E-state index contributed by atoms with van der Waals surface area (Å²) in [6, 6.07) is 0.238. The van der Waals surface area contributed by atoms with Crippen molar-refractivity contribution < 1.29 is 9.00 Å². The minimum Gasteiger partial charge on any atom is -0.342 e. The molecule has 0 bridgehead atoms. The first-order valence-corrected chi connectivity index (χ1v) is 6.94. The van der Waals surface area contributed by atoms with Crippen LogP contribution in [0.15, 0.2) is 0 Å². The predicted molar refractivity (Wildman–Crippen MR) is 64.3 cm³/mol. The third kappa shape index (κ3) is 7.50. The van der Waals surface area contributed by atoms with Crippen LogP contribution in [0, 0.1) is 0 Å². The molecule has 0 aromatic rings. The lowest BCUT2D eigenvalue weighted by Gasteiger charge is -2.21. The van der Waals surface area contributed by atoms with Crippen LogP contribution in [0.1, 0.15) is 20.3 Å². The summed E-state index contributed by atoms with van der Waals surface area (Å²) in [5.41, 5.74) is 0. The van der Waals surface area contributed by atoms with E-state index >= 15 is 0 Å². The van der Waals surface area contributed by atoms with E-state index in [1.807, 2.05) is 13.8 Å². The lowest BCUT2D eigenvalue weighted by Crippen LogP contribution is -2.39. The number of amides is 1. The molecule has 0 aromatic heterocycles. The molecule has 0 saturated heterocycles. The van der Waals surface area contributed by atoms with Gasteiger partial charge in [-0.15, -0.1) is 0 Å². The van der Waals surface area contributed by atoms with Crippen molar-refractivity contribution in [1.29, 1.82) is 0 Å². The van der Waals surface area contributed by atoms with Gasteiger partial charge in [0.1, 0.15) is 0 Å². The van der Waals surface area contributed by atoms with E-state index in [4.69, 9.17) is 0 Å². The van der Waals surface area contributed by atoms with Crippen LogP contribution >= 0.6 is 0 Å². The second-order valence-electron chi connectivity index (χ2n) is 3.91. The lowest BCUT2D eigenvalue weighted by molar-refractivity contribution is -0.130. The fourth-order valence-corrected chi connectivity index (χ4v) is 1.56. The maximum absolute atomic E-state index is 11.5. The molecule has 0 aliphatic carbocycles. The van der Waals surface area contributed by atoms with Crippen LogP contribution in [0.25, 0.3) is 0 Å². The molecule has 15 heavy (non-hydrogen) atoms. The van der Waals surface area contributed by atoms with Crippen molar-refractivity contribution in [1.82, 2.24) is 10.2 Å². The van der Waals surface area contributed by atoms with E-state index in [0.29, 0.717) is 12.3 Å². The van der Waals surface area contributed by atoms with Gasteiger partial charge in [-0.25, -0.2) is 0 Å². The summed E-state index contributed by atoms with van der Waals surface area (Å²) >= 11 is 0. The van der Waals surface area contributed by atoms with Crippen LogP contribution in [-0.4, -0.2) is 53.2 Å². The molecule has 1 amide bonds. The Bertz CT molecular complexity index is 219. The summed E-state index contributed by atoms with van der Waals surface area (Å²) in [6.45, 7) is 5.08. The largest absolute Gasteiger partial charge is 0.342 e. The van der Waals surface area contributed by atoms with Crippen molar-refractivity contribution in [2.24, 2.45) is 0 Å². The van der Waals surface area contributed by atoms with Gasteiger partial charge in [-0.05, 0) is 26.8 Å². The molecule has 0 aromatic carbocycles. The zero-order chi connectivity index (χ0) is 11.8. The van der Waals surface area contributed by atoms with Gasteiger partial charge in [-0.3, -0.25) is 9.00 Å². The maximum Gasteiger partial charge on any atom is 0.236 e. The molecule has 0 saturated carbocycles. The van der Waals surface area contributed by atoms with E-state index in [1.54, 1.807) is 18.2 Å². The molecule has 0 heterocycles. The number of carbonyl (C=O) groups is 1. The van der Waals surface area contributed by atoms with Crippen molar-refractivity contribution >= 4 is 16.7 Å². The van der Waals surface area contributed by atoms with E-state index in [1.165, 1.54) is 0 Å². The van der Waals surface area contributed by atoms with Gasteiger partial charge in [-0.1, -0.05) is 0 Å². The van der Waals surface area contributed by atoms with Crippen LogP contribution in [-0.2, 0) is 15.6 Å². The molecule has 1 N–H and O–H groups in total. The molecule has 0 rings (SSSR count). The summed E-state index contributed by atoms with van der Waals surface area (Å²) in [4.78, 5) is 13.2. The maximum atomic E-state index is 11.5. The van der Waals surface area contributed by atoms with Gasteiger partial charge in [0.25, 0.3) is 0 Å². The highest BCUT2D eigenvalue weighted by Gasteiger charge is 2.10. The zero-order valence-corrected chi connectivity index (χ0v) is 10.9. The van der Waals surface area contributed by atoms with Gasteiger partial charge < -0.3 is 10.2 Å². The van der Waals surface area contributed by atoms with Crippen LogP contribution in [0.2, 0.25) is 0 Å². The third-order valence-corrected chi connectivity index (χ3v) is 3.09. The summed E-state index contributed by atoms with van der Waals surface area (Å²) in [5.74, 6) is 0.795. The van der Waals surface area contributed by atoms with Gasteiger partial charge in [0.15, 0.2) is 0 Å². The monoisotopic (exact) mass is 234 g/mol. The number of carbonyl (C=O) groups excluding carboxylic acids is 1. The molecule has 0 radical (unpaired) electrons. The van der Waals surface area contributed by atoms with E-state index in [0.717, 1.165) is 13.0 Å². The van der Waals surface area contributed by atoms with E-state index in [9.17, 15) is 9.00 Å². The number of nitrogens with zero attached hydrogens (tertiary/aromatic N) is 1. The van der Waals surface area contributed by atoms with Crippen LogP contribution in [0.4, 0.5) is 0 Å². The number of likely N-dealkylation sites (N-methyl/N-ethyl adjacent to an activating group) is 1. The summed E-state index contributed by atoms with van der Waals surface area (Å²) in [6.07, 6.45) is 2.54. The molecule has 5 heteroatoms. The Balaban J connectivity index is 3.51. The molecule has 0 aliphatic heterocycles. The molecule has 1 atom stereocenters. The van der Waals surface area contributed by atoms with Crippen LogP contribution in [0.5, 0.6) is 0 Å². The highest BCUT2D eigenvalue weighted by molar-refractivity contribution is 7.84. The topological polar surface area (TPSA) is 49.4 Å². The zero-order valence-electron chi connectivity index (χ0n) is 10.1. The first-order valence-electron chi connectivity index (χ1n) is 5.21. The first-order chi connectivity index (χ1) is 6.95. The summed E-state index contributed by atoms with van der Waals surface area (Å²) < 4.78 is 10.7. The lowest BCUT2D eigenvalue weighted by atomic mass is 10.3. The van der Waals surface area contributed by atoms with E-state index in [-0.39, 0.29) is 11.9 Å². The average molecular weight is 234 g/mol. The Labute approximate surface area is 94.9 Å². The van der Waals surface area contributed by atoms with Gasteiger partial charge in [0.05, 0.1) is 6.54 Å². The minimum atomic E-state index is -0.731. The van der Waals surface area contributed by atoms with Crippen LogP contribution in [0.3, 0.4) is 0 Å². The van der Waals surface area contributed by atoms with Gasteiger partial charge in [0.2, 0.25) is 5.91 Å². The van der Waals surface area contributed by atoms with Crippen molar-refractivity contribution in [3.05, 3.63) is 0 Å². The van der Waals surface area contributed by atoms with Gasteiger partial charge in [0, 0.05) is 35.9 Å². The second kappa shape index (κ2) is 7.82. The Morgan fingerprint density at radius 3 is 2.53 bits per heavy atom. The standard InChI is InChI=1S/C10H22N2O2S/c1-9(2)12(3)10(13)8-11-6-5-7-15(4)14/h9,11H,5-8H2,1-4H3. The average Bonchev–Trinajstić information content (AvgIpc) is 2.15. The van der Waals surface area contributed by atoms with E-state index in [2.05, 4.69) is 5.32 Å². The van der Waals surface area contributed by atoms with Gasteiger partial charge >= 0.3 is 0 Å². The predicted octanol–water partition coefficient (Wildman–Crippen LogP) is 0.211. The third-order valence-electron chi connectivity index (χ3n) is 2.23. The van der Waals surface area contributed by atoms with Crippen LogP contribution < -0.4 is 5.32 Å². The second-order valence-corrected chi connectivity index (χ2v) is 5.46. The number of rotatable bonds is 7. The molecule has 0 aliphatic rings. The number of hydrogen-bond acceptors (Lipinski definition) is 3. The molecule has 4 nitrogen and oxygen atoms in total. The highest BCUT2D eigenvalue weighted by atomic mass is 32.2. The van der Waals surface area contributed by atoms with Crippen molar-refractivity contribution in [2.75, 3.05) is 32.1 Å². The Morgan fingerprint density at radius 2 is 2.07 bits per heavy atom. The Kier molecular flexibility index (Phi) is 7.60. The van der Waals surface area contributed by atoms with Crippen molar-refractivity contribution in [3.63, 3.8) is 0 Å². The van der Waals surface area contributed by atoms with Crippen molar-refractivity contribution in [2.45, 2.75) is 26.3 Å². The quantitative estimate of drug-likeness (QED) is 0.641. The molecule has 1 unspecified atom stereocenters. The first kappa shape index (κ1) is 14.6. The molecular weight excluding hydrogens is 212 g/mol. The number of hydrogen-bond donors (Lipinski definition) is 1. The Hall–Kier alpha value is -0.420. The molecule has 0 spiro atoms. The van der Waals surface area contributed by atoms with E-state index < -0.39 is 10.8 Å². The highest BCUT2D eigenvalue weighted by Crippen LogP contribution is 1.93. The molecule has 0 fully saturated rings. The van der Waals surface area contributed by atoms with Crippen molar-refractivity contribution in [3.8, 4) is 0 Å². The fourth-order valence-electron chi connectivity index (χ4n) is 1.01. The Morgan fingerprint density at radius 1 is 1.47 bits per heavy atom. The SMILES string of the molecule is CC(C)N(C)C(=O)CNCCCS(C)=O. The van der Waals surface area contributed by atoms with Gasteiger partial charge in [-0.2, -0.15) is 0 Å². The summed E-state index contributed by atoms with van der Waals surface area (Å²) in [5, 5.41) is 3.05. The summed E-state index contributed by atoms with van der Waals surface area (Å²) in [7, 11) is 1.07. The fraction of sp³-hybridized carbons (Fsp3) is 0.900. The molecular formula is C10H22N2O2S.